The molecule has 0 aliphatic carbocycles. The van der Waals surface area contributed by atoms with E-state index in [2.05, 4.69) is 112 Å². The molecule has 1 fully saturated rings. The van der Waals surface area contributed by atoms with Gasteiger partial charge in [-0.2, -0.15) is 0 Å². The van der Waals surface area contributed by atoms with Gasteiger partial charge in [-0.3, -0.25) is 9.36 Å². The molecule has 42 heavy (non-hydrogen) atoms. The largest absolute Gasteiger partial charge is 0.414 e. The van der Waals surface area contributed by atoms with Crippen LogP contribution in [0.1, 0.15) is 68.5 Å². The molecule has 2 aromatic rings. The summed E-state index contributed by atoms with van der Waals surface area (Å²) < 4.78 is 29.9. The van der Waals surface area contributed by atoms with Gasteiger partial charge in [-0.1, -0.05) is 73.9 Å². The summed E-state index contributed by atoms with van der Waals surface area (Å²) in [6, 6.07) is 0. The zero-order chi connectivity index (χ0) is 32.4. The van der Waals surface area contributed by atoms with Gasteiger partial charge in [0.15, 0.2) is 36.7 Å². The van der Waals surface area contributed by atoms with E-state index in [1.54, 1.807) is 10.9 Å². The van der Waals surface area contributed by atoms with Gasteiger partial charge in [0.05, 0.1) is 18.5 Å². The van der Waals surface area contributed by atoms with E-state index in [0.717, 1.165) is 0 Å². The van der Waals surface area contributed by atoms with Crippen LogP contribution in [0, 0.1) is 0 Å². The molecule has 2 aromatic heterocycles. The zero-order valence-electron chi connectivity index (χ0n) is 28.5. The van der Waals surface area contributed by atoms with Crippen LogP contribution in [0.5, 0.6) is 0 Å². The van der Waals surface area contributed by atoms with Crippen LogP contribution in [0.2, 0.25) is 59.4 Å². The summed E-state index contributed by atoms with van der Waals surface area (Å²) in [5.74, 6) is 0.0858. The average Bonchev–Trinajstić information content (AvgIpc) is 3.36. The molecule has 0 saturated carbocycles. The van der Waals surface area contributed by atoms with E-state index in [0.29, 0.717) is 12.1 Å². The molecule has 0 aromatic carbocycles. The number of pyridine rings is 1. The molecule has 9 nitrogen and oxygen atoms in total. The minimum absolute atomic E-state index is 0.0322. The highest BCUT2D eigenvalue weighted by atomic mass is 35.5. The van der Waals surface area contributed by atoms with Crippen molar-refractivity contribution in [3.63, 3.8) is 0 Å². The molecular formula is C29H55ClN4O5Si3. The maximum Gasteiger partial charge on any atom is 0.277 e. The molecular weight excluding hydrogens is 604 g/mol. The van der Waals surface area contributed by atoms with Crippen LogP contribution in [0.15, 0.2) is 11.1 Å². The maximum atomic E-state index is 12.8. The normalized spacial score (nSPS) is 23.2. The lowest BCUT2D eigenvalue weighted by atomic mass is 10.1. The van der Waals surface area contributed by atoms with Crippen molar-refractivity contribution in [3.05, 3.63) is 21.7 Å². The second-order valence-corrected chi connectivity index (χ2v) is 31.1. The summed E-state index contributed by atoms with van der Waals surface area (Å²) in [4.78, 5) is 19.8. The predicted molar refractivity (Wildman–Crippen MR) is 181 cm³/mol. The van der Waals surface area contributed by atoms with E-state index in [1.165, 1.54) is 0 Å². The number of anilines is 1. The summed E-state index contributed by atoms with van der Waals surface area (Å²) >= 11 is 6.70. The molecule has 1 saturated heterocycles. The van der Waals surface area contributed by atoms with Gasteiger partial charge in [-0.15, -0.1) is 0 Å². The fourth-order valence-electron chi connectivity index (χ4n) is 4.18. The Balaban J connectivity index is 2.23. The lowest BCUT2D eigenvalue weighted by Gasteiger charge is -2.44. The van der Waals surface area contributed by atoms with Crippen molar-refractivity contribution in [2.45, 2.75) is 141 Å². The van der Waals surface area contributed by atoms with Crippen LogP contribution in [-0.2, 0) is 18.0 Å². The van der Waals surface area contributed by atoms with Crippen LogP contribution in [0.25, 0.3) is 11.0 Å². The van der Waals surface area contributed by atoms with E-state index >= 15 is 0 Å². The van der Waals surface area contributed by atoms with Crippen LogP contribution in [0.4, 0.5) is 5.82 Å². The fraction of sp³-hybridized carbons (Fsp3) is 0.793. The first kappa shape index (κ1) is 35.5. The molecule has 13 heteroatoms. The molecule has 240 valence electrons. The number of imidazole rings is 1. The molecule has 3 rings (SSSR count). The second-order valence-electron chi connectivity index (χ2n) is 16.4. The van der Waals surface area contributed by atoms with E-state index in [-0.39, 0.29) is 31.5 Å². The lowest BCUT2D eigenvalue weighted by molar-refractivity contribution is -0.0468. The Morgan fingerprint density at radius 3 is 1.86 bits per heavy atom. The van der Waals surface area contributed by atoms with Gasteiger partial charge in [0, 0.05) is 0 Å². The molecule has 0 amide bonds. The Morgan fingerprint density at radius 2 is 1.38 bits per heavy atom. The Labute approximate surface area is 260 Å². The molecule has 0 bridgehead atoms. The van der Waals surface area contributed by atoms with Gasteiger partial charge in [0.1, 0.15) is 29.2 Å². The van der Waals surface area contributed by atoms with Gasteiger partial charge in [0.25, 0.3) is 5.56 Å². The van der Waals surface area contributed by atoms with E-state index < -0.39 is 55.1 Å². The molecule has 1 aliphatic heterocycles. The number of hydrogen-bond donors (Lipinski definition) is 2. The smallest absolute Gasteiger partial charge is 0.277 e. The number of nitrogens with two attached hydrogens (primary N) is 1. The molecule has 3 heterocycles. The van der Waals surface area contributed by atoms with Crippen LogP contribution in [-0.4, -0.2) is 64.4 Å². The number of aromatic amines is 1. The van der Waals surface area contributed by atoms with E-state index in [4.69, 9.17) is 35.3 Å². The third-order valence-electron chi connectivity index (χ3n) is 10.1. The highest BCUT2D eigenvalue weighted by Crippen LogP contribution is 2.47. The highest BCUT2D eigenvalue weighted by Gasteiger charge is 2.55. The van der Waals surface area contributed by atoms with Crippen LogP contribution < -0.4 is 11.3 Å². The van der Waals surface area contributed by atoms with Crippen molar-refractivity contribution in [2.75, 3.05) is 12.3 Å². The third-order valence-corrected chi connectivity index (χ3v) is 24.0. The van der Waals surface area contributed by atoms with Crippen molar-refractivity contribution >= 4 is 53.4 Å². The zero-order valence-corrected chi connectivity index (χ0v) is 32.2. The summed E-state index contributed by atoms with van der Waals surface area (Å²) in [5, 5.41) is 0.152. The van der Waals surface area contributed by atoms with Crippen LogP contribution in [0.3, 0.4) is 0 Å². The Morgan fingerprint density at radius 1 is 0.905 bits per heavy atom. The maximum absolute atomic E-state index is 12.8. The van der Waals surface area contributed by atoms with E-state index in [9.17, 15) is 4.79 Å². The molecule has 0 unspecified atom stereocenters. The van der Waals surface area contributed by atoms with Crippen molar-refractivity contribution in [2.24, 2.45) is 0 Å². The number of halogens is 1. The first-order valence-electron chi connectivity index (χ1n) is 14.9. The summed E-state index contributed by atoms with van der Waals surface area (Å²) in [6.07, 6.45) is -0.389. The summed E-state index contributed by atoms with van der Waals surface area (Å²) in [7, 11) is -6.75. The number of rotatable bonds is 8. The van der Waals surface area contributed by atoms with Crippen LogP contribution >= 0.6 is 11.6 Å². The molecule has 3 N–H and O–H groups in total. The van der Waals surface area contributed by atoms with Crippen molar-refractivity contribution in [3.8, 4) is 0 Å². The minimum Gasteiger partial charge on any atom is -0.414 e. The Kier molecular flexibility index (Phi) is 9.64. The number of nitrogens with one attached hydrogen (secondary N) is 1. The molecule has 0 radical (unpaired) electrons. The quantitative estimate of drug-likeness (QED) is 0.280. The number of nitrogens with zero attached hydrogens (tertiary/aromatic N) is 2. The minimum atomic E-state index is -2.35. The van der Waals surface area contributed by atoms with E-state index in [1.807, 2.05) is 0 Å². The first-order chi connectivity index (χ1) is 18.7. The number of aromatic nitrogens is 3. The number of fused-ring (bicyclic) bond motifs is 1. The molecule has 1 aliphatic rings. The molecule has 4 atom stereocenters. The van der Waals surface area contributed by atoms with Crippen molar-refractivity contribution in [1.29, 1.82) is 0 Å². The van der Waals surface area contributed by atoms with Crippen molar-refractivity contribution < 1.29 is 18.0 Å². The predicted octanol–water partition coefficient (Wildman–Crippen LogP) is 7.66. The Bertz CT molecular complexity index is 1340. The highest BCUT2D eigenvalue weighted by molar-refractivity contribution is 6.75. The topological polar surface area (TPSA) is 114 Å². The molecule has 0 spiro atoms. The number of nitrogen functional groups attached to an aromatic ring is 1. The van der Waals surface area contributed by atoms with Gasteiger partial charge < -0.3 is 28.7 Å². The summed E-state index contributed by atoms with van der Waals surface area (Å²) in [6.45, 7) is 33.8. The van der Waals surface area contributed by atoms with Gasteiger partial charge >= 0.3 is 0 Å². The van der Waals surface area contributed by atoms with Gasteiger partial charge in [-0.25, -0.2) is 4.98 Å². The summed E-state index contributed by atoms with van der Waals surface area (Å²) in [5.41, 5.74) is 6.32. The van der Waals surface area contributed by atoms with Crippen molar-refractivity contribution in [1.82, 2.24) is 14.5 Å². The standard InChI is InChI=1S/C29H55ClN4O5Si3/c1-27(2,3)40(10,11)36-16-18-22(38-41(12,13)28(4,5)6)23(39-42(14,15)29(7,8)9)26(37-18)34-17-32-20-21(34)19(30)24(31)33-25(20)35/h17-18,22-23,26H,16H2,1-15H3,(H3,31,33,35)/t18-,22-,23-,26-/m1/s1. The SMILES string of the molecule is CC(C)(C)[Si](C)(C)OC[C@H]1O[C@@H](n2cnc3c(=O)[nH]c(N)c(Cl)c32)[C@H](O[Si](C)(C)C(C)(C)C)[C@@H]1O[Si](C)(C)C(C)(C)C. The third kappa shape index (κ3) is 6.80. The fourth-order valence-corrected chi connectivity index (χ4v) is 8.03. The Hall–Kier alpha value is -0.999. The van der Waals surface area contributed by atoms with Gasteiger partial charge in [-0.05, 0) is 54.4 Å². The second kappa shape index (κ2) is 11.4. The average molecular weight is 659 g/mol. The van der Waals surface area contributed by atoms with Gasteiger partial charge in [0.2, 0.25) is 0 Å². The number of hydrogen-bond acceptors (Lipinski definition) is 7. The number of ether oxygens (including phenoxy) is 1. The number of H-pyrrole nitrogens is 1. The first-order valence-corrected chi connectivity index (χ1v) is 24.0. The lowest BCUT2D eigenvalue weighted by Crippen LogP contribution is -2.54. The monoisotopic (exact) mass is 658 g/mol.